The molecule has 2 aromatic carbocycles. The summed E-state index contributed by atoms with van der Waals surface area (Å²) in [5.41, 5.74) is 0.573. The van der Waals surface area contributed by atoms with E-state index in [-0.39, 0.29) is 17.9 Å². The first-order valence-corrected chi connectivity index (χ1v) is 7.43. The summed E-state index contributed by atoms with van der Waals surface area (Å²) in [5, 5.41) is 0. The van der Waals surface area contributed by atoms with Gasteiger partial charge in [-0.1, -0.05) is 0 Å². The number of esters is 2. The molecule has 24 heavy (non-hydrogen) atoms. The zero-order valence-electron chi connectivity index (χ0n) is 13.2. The van der Waals surface area contributed by atoms with Gasteiger partial charge in [0.1, 0.15) is 18.2 Å². The zero-order valence-corrected chi connectivity index (χ0v) is 13.2. The maximum atomic E-state index is 12.8. The normalized spacial score (nSPS) is 10.2. The molecule has 0 heterocycles. The Balaban J connectivity index is 1.90. The Morgan fingerprint density at radius 3 is 2.08 bits per heavy atom. The van der Waals surface area contributed by atoms with Crippen molar-refractivity contribution in [2.24, 2.45) is 0 Å². The first-order valence-electron chi connectivity index (χ1n) is 7.43. The molecule has 0 unspecified atom stereocenters. The van der Waals surface area contributed by atoms with Crippen LogP contribution in [-0.2, 0) is 9.47 Å². The number of hydrogen-bond acceptors (Lipinski definition) is 5. The van der Waals surface area contributed by atoms with Crippen LogP contribution >= 0.6 is 0 Å². The van der Waals surface area contributed by atoms with Crippen molar-refractivity contribution in [1.82, 2.24) is 0 Å². The van der Waals surface area contributed by atoms with E-state index in [2.05, 4.69) is 0 Å². The summed E-state index contributed by atoms with van der Waals surface area (Å²) in [6.45, 7) is 2.93. The maximum Gasteiger partial charge on any atom is 0.343 e. The van der Waals surface area contributed by atoms with Crippen molar-refractivity contribution < 1.29 is 28.2 Å². The van der Waals surface area contributed by atoms with E-state index in [1.54, 1.807) is 0 Å². The first kappa shape index (κ1) is 17.6. The Hall–Kier alpha value is -2.73. The van der Waals surface area contributed by atoms with Crippen LogP contribution in [0, 0.1) is 5.82 Å². The molecule has 0 saturated heterocycles. The second kappa shape index (κ2) is 8.79. The Morgan fingerprint density at radius 1 is 0.875 bits per heavy atom. The molecule has 0 spiro atoms. The van der Waals surface area contributed by atoms with Crippen LogP contribution in [0.5, 0.6) is 5.75 Å². The number of hydrogen-bond donors (Lipinski definition) is 0. The minimum Gasteiger partial charge on any atom is -0.460 e. The molecule has 0 atom stereocenters. The lowest BCUT2D eigenvalue weighted by Gasteiger charge is -2.07. The van der Waals surface area contributed by atoms with E-state index in [0.717, 1.165) is 0 Å². The largest absolute Gasteiger partial charge is 0.460 e. The Kier molecular flexibility index (Phi) is 6.45. The highest BCUT2D eigenvalue weighted by molar-refractivity contribution is 5.92. The van der Waals surface area contributed by atoms with Gasteiger partial charge in [0.05, 0.1) is 17.7 Å². The van der Waals surface area contributed by atoms with Crippen molar-refractivity contribution in [3.8, 4) is 5.75 Å². The lowest BCUT2D eigenvalue weighted by atomic mass is 10.2. The highest BCUT2D eigenvalue weighted by atomic mass is 19.1. The quantitative estimate of drug-likeness (QED) is 0.442. The van der Waals surface area contributed by atoms with Crippen molar-refractivity contribution in [3.05, 3.63) is 65.5 Å². The Labute approximate surface area is 139 Å². The van der Waals surface area contributed by atoms with Crippen LogP contribution in [0.4, 0.5) is 4.39 Å². The van der Waals surface area contributed by atoms with E-state index in [1.165, 1.54) is 48.5 Å². The predicted octanol–water partition coefficient (Wildman–Crippen LogP) is 3.24. The van der Waals surface area contributed by atoms with Crippen molar-refractivity contribution in [2.45, 2.75) is 6.92 Å². The van der Waals surface area contributed by atoms with Crippen molar-refractivity contribution in [3.63, 3.8) is 0 Å². The fourth-order valence-electron chi connectivity index (χ4n) is 1.83. The van der Waals surface area contributed by atoms with Gasteiger partial charge in [-0.15, -0.1) is 0 Å². The molecule has 0 aliphatic heterocycles. The fourth-order valence-corrected chi connectivity index (χ4v) is 1.83. The van der Waals surface area contributed by atoms with Gasteiger partial charge in [0.25, 0.3) is 0 Å². The summed E-state index contributed by atoms with van der Waals surface area (Å²) in [6, 6.07) is 11.0. The number of carbonyl (C=O) groups is 2. The van der Waals surface area contributed by atoms with Crippen molar-refractivity contribution in [1.29, 1.82) is 0 Å². The highest BCUT2D eigenvalue weighted by Crippen LogP contribution is 2.15. The molecule has 0 aromatic heterocycles. The average Bonchev–Trinajstić information content (AvgIpc) is 2.59. The summed E-state index contributed by atoms with van der Waals surface area (Å²) in [6.07, 6.45) is 0. The molecule has 0 N–H and O–H groups in total. The number of ether oxygens (including phenoxy) is 3. The summed E-state index contributed by atoms with van der Waals surface area (Å²) in [5.74, 6) is -1.25. The topological polar surface area (TPSA) is 61.8 Å². The van der Waals surface area contributed by atoms with Gasteiger partial charge in [-0.3, -0.25) is 0 Å². The van der Waals surface area contributed by atoms with Crippen LogP contribution in [0.3, 0.4) is 0 Å². The van der Waals surface area contributed by atoms with Crippen LogP contribution in [-0.4, -0.2) is 31.8 Å². The van der Waals surface area contributed by atoms with Gasteiger partial charge in [-0.05, 0) is 55.5 Å². The summed E-state index contributed by atoms with van der Waals surface area (Å²) in [4.78, 5) is 23.7. The minimum absolute atomic E-state index is 0.175. The predicted molar refractivity (Wildman–Crippen MR) is 84.6 cm³/mol. The molecule has 0 aliphatic rings. The molecular weight excluding hydrogens is 315 g/mol. The molecule has 0 amide bonds. The lowest BCUT2D eigenvalue weighted by Crippen LogP contribution is -2.11. The van der Waals surface area contributed by atoms with Crippen molar-refractivity contribution in [2.75, 3.05) is 19.8 Å². The third kappa shape index (κ3) is 5.17. The van der Waals surface area contributed by atoms with Crippen molar-refractivity contribution >= 4 is 11.9 Å². The molecule has 0 bridgehead atoms. The van der Waals surface area contributed by atoms with Gasteiger partial charge in [0.15, 0.2) is 0 Å². The van der Waals surface area contributed by atoms with Crippen LogP contribution < -0.4 is 4.74 Å². The van der Waals surface area contributed by atoms with Crippen LogP contribution in [0.2, 0.25) is 0 Å². The summed E-state index contributed by atoms with van der Waals surface area (Å²) in [7, 11) is 0. The third-order valence-electron chi connectivity index (χ3n) is 3.05. The van der Waals surface area contributed by atoms with E-state index in [1.807, 2.05) is 6.92 Å². The van der Waals surface area contributed by atoms with Gasteiger partial charge < -0.3 is 14.2 Å². The molecule has 5 nitrogen and oxygen atoms in total. The smallest absolute Gasteiger partial charge is 0.343 e. The fraction of sp³-hybridized carbons (Fsp3) is 0.222. The molecule has 6 heteroatoms. The minimum atomic E-state index is -0.609. The number of halogens is 1. The molecular formula is C18H17FO5. The molecule has 0 fully saturated rings. The van der Waals surface area contributed by atoms with Gasteiger partial charge in [-0.2, -0.15) is 0 Å². The Bertz CT molecular complexity index is 680. The second-order valence-corrected chi connectivity index (χ2v) is 4.75. The van der Waals surface area contributed by atoms with E-state index in [9.17, 15) is 14.0 Å². The number of rotatable bonds is 7. The Morgan fingerprint density at radius 2 is 1.46 bits per heavy atom. The van der Waals surface area contributed by atoms with Gasteiger partial charge in [-0.25, -0.2) is 14.0 Å². The van der Waals surface area contributed by atoms with Gasteiger partial charge in [0, 0.05) is 6.61 Å². The molecule has 2 aromatic rings. The first-order chi connectivity index (χ1) is 11.6. The number of benzene rings is 2. The molecule has 0 radical (unpaired) electrons. The maximum absolute atomic E-state index is 12.8. The highest BCUT2D eigenvalue weighted by Gasteiger charge is 2.11. The summed E-state index contributed by atoms with van der Waals surface area (Å²) < 4.78 is 28.1. The van der Waals surface area contributed by atoms with Crippen LogP contribution in [0.25, 0.3) is 0 Å². The molecule has 2 rings (SSSR count). The van der Waals surface area contributed by atoms with Gasteiger partial charge >= 0.3 is 11.9 Å². The second-order valence-electron chi connectivity index (χ2n) is 4.75. The van der Waals surface area contributed by atoms with Gasteiger partial charge in [0.2, 0.25) is 0 Å². The SMILES string of the molecule is CCOCCOC(=O)c1ccc(OC(=O)c2ccc(F)cc2)cc1. The molecule has 126 valence electrons. The third-order valence-corrected chi connectivity index (χ3v) is 3.05. The van der Waals surface area contributed by atoms with Crippen LogP contribution in [0.1, 0.15) is 27.6 Å². The molecule has 0 saturated carbocycles. The number of carbonyl (C=O) groups excluding carboxylic acids is 2. The lowest BCUT2D eigenvalue weighted by molar-refractivity contribution is 0.0335. The summed E-state index contributed by atoms with van der Waals surface area (Å²) >= 11 is 0. The van der Waals surface area contributed by atoms with E-state index in [4.69, 9.17) is 14.2 Å². The molecule has 0 aliphatic carbocycles. The van der Waals surface area contributed by atoms with E-state index >= 15 is 0 Å². The zero-order chi connectivity index (χ0) is 17.4. The monoisotopic (exact) mass is 332 g/mol. The average molecular weight is 332 g/mol. The standard InChI is InChI=1S/C18H17FO5/c1-2-22-11-12-23-17(20)13-5-9-16(10-6-13)24-18(21)14-3-7-15(19)8-4-14/h3-10H,2,11-12H2,1H3. The van der Waals surface area contributed by atoms with Crippen LogP contribution in [0.15, 0.2) is 48.5 Å². The van der Waals surface area contributed by atoms with E-state index < -0.39 is 17.8 Å². The van der Waals surface area contributed by atoms with E-state index in [0.29, 0.717) is 18.8 Å².